The molecule has 86 valence electrons. The van der Waals surface area contributed by atoms with Crippen molar-refractivity contribution in [2.24, 2.45) is 0 Å². The van der Waals surface area contributed by atoms with Crippen LogP contribution in [0.15, 0.2) is 0 Å². The van der Waals surface area contributed by atoms with Gasteiger partial charge in [0, 0.05) is 12.6 Å². The van der Waals surface area contributed by atoms with Crippen LogP contribution in [0.3, 0.4) is 0 Å². The van der Waals surface area contributed by atoms with Gasteiger partial charge in [0.05, 0.1) is 0 Å². The molecule has 0 saturated heterocycles. The van der Waals surface area contributed by atoms with Crippen molar-refractivity contribution in [3.05, 3.63) is 3.95 Å². The summed E-state index contributed by atoms with van der Waals surface area (Å²) in [5.41, 5.74) is 0. The van der Waals surface area contributed by atoms with Crippen molar-refractivity contribution < 1.29 is 0 Å². The average molecular weight is 246 g/mol. The van der Waals surface area contributed by atoms with Gasteiger partial charge in [-0.15, -0.1) is 5.10 Å². The largest absolute Gasteiger partial charge is 0.356 e. The first kappa shape index (κ1) is 12.6. The van der Waals surface area contributed by atoms with Crippen LogP contribution in [-0.4, -0.2) is 40.8 Å². The molecule has 0 saturated carbocycles. The molecule has 6 heteroatoms. The molecule has 1 aromatic rings. The quantitative estimate of drug-likeness (QED) is 0.756. The number of nitrogens with one attached hydrogen (secondary N) is 2. The van der Waals surface area contributed by atoms with Crippen molar-refractivity contribution in [3.63, 3.8) is 0 Å². The Morgan fingerprint density at radius 1 is 1.53 bits per heavy atom. The minimum Gasteiger partial charge on any atom is -0.356 e. The lowest BCUT2D eigenvalue weighted by Gasteiger charge is -2.22. The van der Waals surface area contributed by atoms with Crippen molar-refractivity contribution in [2.45, 2.75) is 26.8 Å². The van der Waals surface area contributed by atoms with E-state index in [1.54, 1.807) is 0 Å². The zero-order valence-electron chi connectivity index (χ0n) is 9.41. The van der Waals surface area contributed by atoms with Crippen LogP contribution in [0.1, 0.15) is 20.8 Å². The molecule has 1 atom stereocenters. The number of likely N-dealkylation sites (N-methyl/N-ethyl adjacent to an activating group) is 1. The summed E-state index contributed by atoms with van der Waals surface area (Å²) in [6.45, 7) is 9.70. The first-order chi connectivity index (χ1) is 7.15. The summed E-state index contributed by atoms with van der Waals surface area (Å²) in [7, 11) is 0. The van der Waals surface area contributed by atoms with E-state index in [4.69, 9.17) is 12.2 Å². The molecule has 0 amide bonds. The van der Waals surface area contributed by atoms with Crippen molar-refractivity contribution in [3.8, 4) is 0 Å². The van der Waals surface area contributed by atoms with Crippen LogP contribution in [-0.2, 0) is 0 Å². The highest BCUT2D eigenvalue weighted by Crippen LogP contribution is 2.12. The van der Waals surface area contributed by atoms with Gasteiger partial charge in [-0.25, -0.2) is 0 Å². The standard InChI is InChI=1S/C9H18N4S2/c1-4-13(5-2)6-7(3)10-8-11-12-9(14)15-8/h7H,4-6H2,1-3H3,(H,10,11)(H,12,14). The van der Waals surface area contributed by atoms with E-state index in [-0.39, 0.29) is 0 Å². The van der Waals surface area contributed by atoms with E-state index < -0.39 is 0 Å². The molecule has 0 aromatic carbocycles. The highest BCUT2D eigenvalue weighted by atomic mass is 32.1. The second-order valence-electron chi connectivity index (χ2n) is 3.45. The summed E-state index contributed by atoms with van der Waals surface area (Å²) >= 11 is 6.45. The van der Waals surface area contributed by atoms with Gasteiger partial charge in [0.2, 0.25) is 5.13 Å². The van der Waals surface area contributed by atoms with Crippen molar-refractivity contribution in [1.82, 2.24) is 15.1 Å². The van der Waals surface area contributed by atoms with E-state index in [9.17, 15) is 0 Å². The first-order valence-electron chi connectivity index (χ1n) is 5.20. The number of nitrogens with zero attached hydrogens (tertiary/aromatic N) is 2. The average Bonchev–Trinajstić information content (AvgIpc) is 2.60. The fraction of sp³-hybridized carbons (Fsp3) is 0.778. The molecule has 0 aliphatic carbocycles. The van der Waals surface area contributed by atoms with Crippen molar-refractivity contribution in [1.29, 1.82) is 0 Å². The Morgan fingerprint density at radius 3 is 2.67 bits per heavy atom. The van der Waals surface area contributed by atoms with E-state index in [1.807, 2.05) is 0 Å². The summed E-state index contributed by atoms with van der Waals surface area (Å²) < 4.78 is 0.715. The monoisotopic (exact) mass is 246 g/mol. The Bertz CT molecular complexity index is 329. The van der Waals surface area contributed by atoms with Gasteiger partial charge in [0.25, 0.3) is 0 Å². The lowest BCUT2D eigenvalue weighted by atomic mass is 10.3. The van der Waals surface area contributed by atoms with Gasteiger partial charge in [-0.05, 0) is 32.2 Å². The van der Waals surface area contributed by atoms with Crippen LogP contribution in [0.4, 0.5) is 5.13 Å². The summed E-state index contributed by atoms with van der Waals surface area (Å²) in [6.07, 6.45) is 0. The fourth-order valence-electron chi connectivity index (χ4n) is 1.42. The molecule has 15 heavy (non-hydrogen) atoms. The number of aromatic nitrogens is 2. The molecule has 0 bridgehead atoms. The highest BCUT2D eigenvalue weighted by Gasteiger charge is 2.08. The molecule has 0 fully saturated rings. The van der Waals surface area contributed by atoms with E-state index in [1.165, 1.54) is 11.3 Å². The predicted molar refractivity (Wildman–Crippen MR) is 68.2 cm³/mol. The lowest BCUT2D eigenvalue weighted by molar-refractivity contribution is 0.295. The van der Waals surface area contributed by atoms with E-state index >= 15 is 0 Å². The van der Waals surface area contributed by atoms with Gasteiger partial charge in [-0.3, -0.25) is 5.10 Å². The Kier molecular flexibility index (Phi) is 5.21. The lowest BCUT2D eigenvalue weighted by Crippen LogP contribution is -2.34. The van der Waals surface area contributed by atoms with Crippen LogP contribution in [0.5, 0.6) is 0 Å². The molecular formula is C9H18N4S2. The first-order valence-corrected chi connectivity index (χ1v) is 6.42. The van der Waals surface area contributed by atoms with Gasteiger partial charge < -0.3 is 10.2 Å². The maximum Gasteiger partial charge on any atom is 0.204 e. The number of anilines is 1. The van der Waals surface area contributed by atoms with Gasteiger partial charge in [0.1, 0.15) is 0 Å². The SMILES string of the molecule is CCN(CC)CC(C)Nc1n[nH]c(=S)s1. The summed E-state index contributed by atoms with van der Waals surface area (Å²) in [5, 5.41) is 11.0. The van der Waals surface area contributed by atoms with E-state index in [0.29, 0.717) is 10.00 Å². The molecule has 2 N–H and O–H groups in total. The topological polar surface area (TPSA) is 44.0 Å². The molecule has 1 rings (SSSR count). The number of hydrogen-bond acceptors (Lipinski definition) is 5. The van der Waals surface area contributed by atoms with Gasteiger partial charge in [0.15, 0.2) is 3.95 Å². The van der Waals surface area contributed by atoms with Crippen LogP contribution < -0.4 is 5.32 Å². The summed E-state index contributed by atoms with van der Waals surface area (Å²) in [6, 6.07) is 0.388. The van der Waals surface area contributed by atoms with Gasteiger partial charge >= 0.3 is 0 Å². The second kappa shape index (κ2) is 6.19. The third-order valence-corrected chi connectivity index (χ3v) is 3.25. The molecule has 0 aliphatic heterocycles. The Hall–Kier alpha value is -0.460. The maximum absolute atomic E-state index is 4.97. The van der Waals surface area contributed by atoms with Crippen molar-refractivity contribution in [2.75, 3.05) is 25.0 Å². The highest BCUT2D eigenvalue weighted by molar-refractivity contribution is 7.73. The molecule has 0 spiro atoms. The molecule has 0 radical (unpaired) electrons. The molecule has 4 nitrogen and oxygen atoms in total. The molecule has 1 aromatic heterocycles. The number of hydrogen-bond donors (Lipinski definition) is 2. The maximum atomic E-state index is 4.97. The second-order valence-corrected chi connectivity index (χ2v) is 5.12. The Balaban J connectivity index is 2.41. The Morgan fingerprint density at radius 2 is 2.20 bits per heavy atom. The van der Waals surface area contributed by atoms with Crippen LogP contribution in [0.2, 0.25) is 0 Å². The van der Waals surface area contributed by atoms with Crippen molar-refractivity contribution >= 4 is 28.7 Å². The summed E-state index contributed by atoms with van der Waals surface area (Å²) in [5.74, 6) is 0. The molecule has 1 heterocycles. The zero-order chi connectivity index (χ0) is 11.3. The molecular weight excluding hydrogens is 228 g/mol. The smallest absolute Gasteiger partial charge is 0.204 e. The zero-order valence-corrected chi connectivity index (χ0v) is 11.0. The number of H-pyrrole nitrogens is 1. The van der Waals surface area contributed by atoms with Gasteiger partial charge in [-0.1, -0.05) is 25.2 Å². The molecule has 0 aliphatic rings. The van der Waals surface area contributed by atoms with Crippen LogP contribution >= 0.6 is 23.6 Å². The van der Waals surface area contributed by atoms with Crippen LogP contribution in [0, 0.1) is 3.95 Å². The minimum atomic E-state index is 0.388. The fourth-order valence-corrected chi connectivity index (χ4v) is 2.32. The van der Waals surface area contributed by atoms with Crippen LogP contribution in [0.25, 0.3) is 0 Å². The number of rotatable bonds is 6. The molecule has 1 unspecified atom stereocenters. The summed E-state index contributed by atoms with van der Waals surface area (Å²) in [4.78, 5) is 2.38. The normalized spacial score (nSPS) is 13.1. The minimum absolute atomic E-state index is 0.388. The third-order valence-electron chi connectivity index (χ3n) is 2.23. The third kappa shape index (κ3) is 4.27. The predicted octanol–water partition coefficient (Wildman–Crippen LogP) is 2.34. The van der Waals surface area contributed by atoms with E-state index in [2.05, 4.69) is 41.2 Å². The van der Waals surface area contributed by atoms with E-state index in [0.717, 1.165) is 24.8 Å². The Labute approximate surface area is 99.7 Å². The number of aromatic amines is 1. The van der Waals surface area contributed by atoms with Gasteiger partial charge in [-0.2, -0.15) is 0 Å².